The predicted octanol–water partition coefficient (Wildman–Crippen LogP) is 5.87. The molecule has 0 atom stereocenters. The molecular formula is C15H9BrCl2N2S. The topological polar surface area (TPSA) is 25.8 Å². The fraction of sp³-hybridized carbons (Fsp3) is 0.0667. The maximum absolute atomic E-state index is 6.31. The van der Waals surface area contributed by atoms with Crippen LogP contribution < -0.4 is 0 Å². The van der Waals surface area contributed by atoms with Gasteiger partial charge < -0.3 is 0 Å². The first kappa shape index (κ1) is 15.0. The van der Waals surface area contributed by atoms with E-state index in [0.717, 1.165) is 10.0 Å². The van der Waals surface area contributed by atoms with Crippen LogP contribution in [0.15, 0.2) is 46.3 Å². The summed E-state index contributed by atoms with van der Waals surface area (Å²) in [4.78, 5) is 9.93. The summed E-state index contributed by atoms with van der Waals surface area (Å²) >= 11 is 17.7. The molecule has 21 heavy (non-hydrogen) atoms. The third kappa shape index (κ3) is 3.46. The highest BCUT2D eigenvalue weighted by Crippen LogP contribution is 2.34. The average Bonchev–Trinajstić information content (AvgIpc) is 2.91. The molecule has 2 aromatic heterocycles. The average molecular weight is 400 g/mol. The first-order valence-corrected chi connectivity index (χ1v) is 8.56. The number of thiophene rings is 1. The third-order valence-electron chi connectivity index (χ3n) is 2.89. The van der Waals surface area contributed by atoms with E-state index in [4.69, 9.17) is 23.2 Å². The van der Waals surface area contributed by atoms with Crippen molar-refractivity contribution in [2.75, 3.05) is 0 Å². The van der Waals surface area contributed by atoms with E-state index in [1.54, 1.807) is 11.3 Å². The Bertz CT molecular complexity index is 752. The van der Waals surface area contributed by atoms with Crippen LogP contribution in [0.25, 0.3) is 11.1 Å². The van der Waals surface area contributed by atoms with Crippen LogP contribution in [0.3, 0.4) is 0 Å². The Labute approximate surface area is 144 Å². The molecule has 1 aromatic carbocycles. The van der Waals surface area contributed by atoms with E-state index in [9.17, 15) is 0 Å². The van der Waals surface area contributed by atoms with Crippen molar-refractivity contribution in [3.63, 3.8) is 0 Å². The number of hydrogen-bond donors (Lipinski definition) is 0. The minimum atomic E-state index is 0.375. The molecule has 6 heteroatoms. The molecule has 3 aromatic rings. The molecule has 2 nitrogen and oxygen atoms in total. The standard InChI is InChI=1S/C15H9BrCl2N2S/c16-10-4-1-3-9(7-10)13-14(17)19-12(20-15(13)18)8-11-5-2-6-21-11/h1-7H,8H2. The van der Waals surface area contributed by atoms with E-state index in [0.29, 0.717) is 28.1 Å². The molecule has 0 N–H and O–H groups in total. The zero-order valence-corrected chi connectivity index (χ0v) is 14.6. The Balaban J connectivity index is 2.00. The third-order valence-corrected chi connectivity index (χ3v) is 4.81. The lowest BCUT2D eigenvalue weighted by Gasteiger charge is -2.08. The zero-order chi connectivity index (χ0) is 14.8. The van der Waals surface area contributed by atoms with Crippen molar-refractivity contribution in [3.05, 3.63) is 67.3 Å². The van der Waals surface area contributed by atoms with Gasteiger partial charge in [-0.25, -0.2) is 9.97 Å². The summed E-state index contributed by atoms with van der Waals surface area (Å²) in [5.74, 6) is 0.631. The molecule has 0 aliphatic carbocycles. The van der Waals surface area contributed by atoms with Gasteiger partial charge in [-0.3, -0.25) is 0 Å². The van der Waals surface area contributed by atoms with Crippen LogP contribution in [0.5, 0.6) is 0 Å². The summed E-state index contributed by atoms with van der Waals surface area (Å²) in [6.07, 6.45) is 0.635. The molecule has 0 radical (unpaired) electrons. The molecule has 0 saturated carbocycles. The second kappa shape index (κ2) is 6.44. The summed E-state index contributed by atoms with van der Waals surface area (Å²) in [5.41, 5.74) is 1.55. The van der Waals surface area contributed by atoms with Crippen LogP contribution in [0, 0.1) is 0 Å². The van der Waals surface area contributed by atoms with Crippen molar-refractivity contribution >= 4 is 50.5 Å². The maximum Gasteiger partial charge on any atom is 0.142 e. The maximum atomic E-state index is 6.31. The van der Waals surface area contributed by atoms with Gasteiger partial charge in [0.1, 0.15) is 16.1 Å². The molecule has 3 rings (SSSR count). The van der Waals surface area contributed by atoms with Crippen LogP contribution >= 0.6 is 50.5 Å². The Morgan fingerprint density at radius 3 is 2.43 bits per heavy atom. The molecule has 0 amide bonds. The molecule has 0 bridgehead atoms. The van der Waals surface area contributed by atoms with Crippen molar-refractivity contribution in [3.8, 4) is 11.1 Å². The molecule has 0 aliphatic rings. The van der Waals surface area contributed by atoms with E-state index >= 15 is 0 Å². The number of aromatic nitrogens is 2. The Kier molecular flexibility index (Phi) is 4.60. The molecule has 0 spiro atoms. The Hall–Kier alpha value is -0.940. The molecule has 0 fully saturated rings. The molecule has 0 saturated heterocycles. The minimum absolute atomic E-state index is 0.375. The number of nitrogens with zero attached hydrogens (tertiary/aromatic N) is 2. The highest BCUT2D eigenvalue weighted by Gasteiger charge is 2.14. The molecule has 2 heterocycles. The van der Waals surface area contributed by atoms with Crippen LogP contribution in [0.1, 0.15) is 10.7 Å². The van der Waals surface area contributed by atoms with Gasteiger partial charge in [-0.1, -0.05) is 57.3 Å². The molecular weight excluding hydrogens is 391 g/mol. The van der Waals surface area contributed by atoms with Crippen LogP contribution in [0.4, 0.5) is 0 Å². The van der Waals surface area contributed by atoms with Crippen LogP contribution in [-0.2, 0) is 6.42 Å². The van der Waals surface area contributed by atoms with E-state index in [2.05, 4.69) is 25.9 Å². The van der Waals surface area contributed by atoms with Gasteiger partial charge in [0.05, 0.1) is 5.56 Å². The van der Waals surface area contributed by atoms with Crippen molar-refractivity contribution in [2.45, 2.75) is 6.42 Å². The van der Waals surface area contributed by atoms with Gasteiger partial charge in [0, 0.05) is 15.8 Å². The van der Waals surface area contributed by atoms with Crippen molar-refractivity contribution < 1.29 is 0 Å². The summed E-state index contributed by atoms with van der Waals surface area (Å²) in [5, 5.41) is 2.77. The second-order valence-corrected chi connectivity index (χ2v) is 7.03. The SMILES string of the molecule is Clc1nc(Cc2cccs2)nc(Cl)c1-c1cccc(Br)c1. The van der Waals surface area contributed by atoms with Gasteiger partial charge in [0.15, 0.2) is 0 Å². The summed E-state index contributed by atoms with van der Waals surface area (Å²) in [6, 6.07) is 11.8. The van der Waals surface area contributed by atoms with Crippen LogP contribution in [-0.4, -0.2) is 9.97 Å². The zero-order valence-electron chi connectivity index (χ0n) is 10.7. The van der Waals surface area contributed by atoms with Crippen molar-refractivity contribution in [1.29, 1.82) is 0 Å². The largest absolute Gasteiger partial charge is 0.220 e. The number of halogens is 3. The van der Waals surface area contributed by atoms with E-state index in [1.807, 2.05) is 41.8 Å². The van der Waals surface area contributed by atoms with Gasteiger partial charge in [-0.15, -0.1) is 11.3 Å². The second-order valence-electron chi connectivity index (χ2n) is 4.36. The smallest absolute Gasteiger partial charge is 0.142 e. The highest BCUT2D eigenvalue weighted by molar-refractivity contribution is 9.10. The van der Waals surface area contributed by atoms with Crippen LogP contribution in [0.2, 0.25) is 10.3 Å². The highest BCUT2D eigenvalue weighted by atomic mass is 79.9. The predicted molar refractivity (Wildman–Crippen MR) is 92.3 cm³/mol. The Morgan fingerprint density at radius 2 is 1.81 bits per heavy atom. The van der Waals surface area contributed by atoms with E-state index < -0.39 is 0 Å². The van der Waals surface area contributed by atoms with Gasteiger partial charge in [0.25, 0.3) is 0 Å². The number of rotatable bonds is 3. The first-order valence-electron chi connectivity index (χ1n) is 6.14. The van der Waals surface area contributed by atoms with E-state index in [-0.39, 0.29) is 0 Å². The van der Waals surface area contributed by atoms with E-state index in [1.165, 1.54) is 4.88 Å². The summed E-state index contributed by atoms with van der Waals surface area (Å²) in [6.45, 7) is 0. The van der Waals surface area contributed by atoms with Crippen molar-refractivity contribution in [2.24, 2.45) is 0 Å². The number of benzene rings is 1. The quantitative estimate of drug-likeness (QED) is 0.515. The molecule has 106 valence electrons. The fourth-order valence-electron chi connectivity index (χ4n) is 1.98. The lowest BCUT2D eigenvalue weighted by atomic mass is 10.1. The lowest BCUT2D eigenvalue weighted by Crippen LogP contribution is -1.98. The first-order chi connectivity index (χ1) is 10.1. The summed E-state index contributed by atoms with van der Waals surface area (Å²) in [7, 11) is 0. The van der Waals surface area contributed by atoms with Gasteiger partial charge in [0.2, 0.25) is 0 Å². The summed E-state index contributed by atoms with van der Waals surface area (Å²) < 4.78 is 0.954. The number of hydrogen-bond acceptors (Lipinski definition) is 3. The molecule has 0 unspecified atom stereocenters. The normalized spacial score (nSPS) is 10.8. The monoisotopic (exact) mass is 398 g/mol. The van der Waals surface area contributed by atoms with Gasteiger partial charge in [-0.05, 0) is 29.1 Å². The van der Waals surface area contributed by atoms with Crippen molar-refractivity contribution in [1.82, 2.24) is 9.97 Å². The minimum Gasteiger partial charge on any atom is -0.220 e. The lowest BCUT2D eigenvalue weighted by molar-refractivity contribution is 0.983. The fourth-order valence-corrected chi connectivity index (χ4v) is 3.72. The van der Waals surface area contributed by atoms with Gasteiger partial charge >= 0.3 is 0 Å². The Morgan fingerprint density at radius 1 is 1.05 bits per heavy atom. The van der Waals surface area contributed by atoms with Gasteiger partial charge in [-0.2, -0.15) is 0 Å². The molecule has 0 aliphatic heterocycles.